The van der Waals surface area contributed by atoms with Crippen molar-refractivity contribution >= 4 is 11.8 Å². The van der Waals surface area contributed by atoms with Crippen LogP contribution in [0.25, 0.3) is 0 Å². The van der Waals surface area contributed by atoms with Gasteiger partial charge in [0, 0.05) is 6.54 Å². The van der Waals surface area contributed by atoms with E-state index in [0.29, 0.717) is 0 Å². The lowest BCUT2D eigenvalue weighted by atomic mass is 9.66. The average Bonchev–Trinajstić information content (AvgIpc) is 3.10. The van der Waals surface area contributed by atoms with Gasteiger partial charge in [0.15, 0.2) is 0 Å². The molecule has 2 aliphatic heterocycles. The van der Waals surface area contributed by atoms with Crippen LogP contribution in [0.4, 0.5) is 0 Å². The second kappa shape index (κ2) is 6.20. The smallest absolute Gasteiger partial charge is 0.00108 e. The monoisotopic (exact) mass is 295 g/mol. The molecule has 1 nitrogen and oxygen atoms in total. The van der Waals surface area contributed by atoms with Crippen LogP contribution in [0, 0.1) is 22.7 Å². The van der Waals surface area contributed by atoms with Gasteiger partial charge >= 0.3 is 0 Å². The first-order valence-corrected chi connectivity index (χ1v) is 10.1. The summed E-state index contributed by atoms with van der Waals surface area (Å²) in [6, 6.07) is 0. The zero-order chi connectivity index (χ0) is 14.1. The summed E-state index contributed by atoms with van der Waals surface area (Å²) in [5, 5.41) is 3.51. The highest BCUT2D eigenvalue weighted by Crippen LogP contribution is 2.51. The van der Waals surface area contributed by atoms with Crippen molar-refractivity contribution < 1.29 is 0 Å². The van der Waals surface area contributed by atoms with Crippen LogP contribution in [0.15, 0.2) is 0 Å². The molecule has 4 rings (SSSR count). The molecule has 2 aliphatic carbocycles. The number of hydrogen-bond donors (Lipinski definition) is 1. The Bertz CT molecular complexity index is 311. The molecule has 0 bridgehead atoms. The van der Waals surface area contributed by atoms with Crippen LogP contribution in [0.3, 0.4) is 0 Å². The fourth-order valence-corrected chi connectivity index (χ4v) is 6.91. The van der Waals surface area contributed by atoms with Gasteiger partial charge in [0.2, 0.25) is 0 Å². The van der Waals surface area contributed by atoms with Crippen molar-refractivity contribution in [2.75, 3.05) is 24.6 Å². The molecule has 2 saturated heterocycles. The number of fused-ring (bicyclic) bond motifs is 1. The lowest BCUT2D eigenvalue weighted by molar-refractivity contribution is 0.131. The first kappa shape index (κ1) is 15.2. The van der Waals surface area contributed by atoms with Crippen LogP contribution in [0.5, 0.6) is 0 Å². The maximum absolute atomic E-state index is 3.51. The Hall–Kier alpha value is 0.310. The van der Waals surface area contributed by atoms with Crippen LogP contribution < -0.4 is 5.32 Å². The Kier molecular flexibility index (Phi) is 4.72. The highest BCUT2D eigenvalue weighted by atomic mass is 32.2. The molecule has 1 N–H and O–H groups in total. The number of thioether (sulfide) groups is 1. The predicted molar refractivity (Wildman–Crippen MR) is 90.3 cm³/mol. The van der Waals surface area contributed by atoms with Crippen molar-refractivity contribution in [2.45, 2.75) is 65.2 Å². The van der Waals surface area contributed by atoms with E-state index >= 15 is 0 Å². The third-order valence-corrected chi connectivity index (χ3v) is 8.42. The molecular weight excluding hydrogens is 262 g/mol. The summed E-state index contributed by atoms with van der Waals surface area (Å²) in [5.74, 6) is 4.96. The van der Waals surface area contributed by atoms with Gasteiger partial charge in [-0.3, -0.25) is 0 Å². The molecule has 2 heterocycles. The molecule has 2 saturated carbocycles. The molecule has 4 aliphatic rings. The molecule has 0 aromatic rings. The molecule has 2 heteroatoms. The molecular formula is C18H33NS. The van der Waals surface area contributed by atoms with Gasteiger partial charge in [-0.1, -0.05) is 39.5 Å². The van der Waals surface area contributed by atoms with E-state index in [-0.39, 0.29) is 0 Å². The Morgan fingerprint density at radius 1 is 1.05 bits per heavy atom. The van der Waals surface area contributed by atoms with Gasteiger partial charge in [-0.05, 0) is 66.4 Å². The maximum atomic E-state index is 3.51. The topological polar surface area (TPSA) is 12.0 Å². The largest absolute Gasteiger partial charge is 0.316 e. The van der Waals surface area contributed by atoms with Crippen LogP contribution in [-0.4, -0.2) is 24.6 Å². The Morgan fingerprint density at radius 3 is 2.65 bits per heavy atom. The van der Waals surface area contributed by atoms with Gasteiger partial charge in [-0.2, -0.15) is 11.8 Å². The summed E-state index contributed by atoms with van der Waals surface area (Å²) < 4.78 is 0. The maximum Gasteiger partial charge on any atom is 0.00108 e. The minimum Gasteiger partial charge on any atom is -0.316 e. The van der Waals surface area contributed by atoms with E-state index in [1.54, 1.807) is 0 Å². The third-order valence-electron chi connectivity index (χ3n) is 6.92. The normalized spacial score (nSPS) is 47.1. The van der Waals surface area contributed by atoms with Crippen molar-refractivity contribution in [3.05, 3.63) is 0 Å². The second-order valence-electron chi connectivity index (χ2n) is 8.19. The van der Waals surface area contributed by atoms with E-state index < -0.39 is 0 Å². The molecule has 1 spiro atoms. The van der Waals surface area contributed by atoms with E-state index in [1.807, 2.05) is 0 Å². The van der Waals surface area contributed by atoms with Crippen LogP contribution in [0.1, 0.15) is 65.2 Å². The number of rotatable bonds is 0. The highest BCUT2D eigenvalue weighted by molar-refractivity contribution is 7.99. The van der Waals surface area contributed by atoms with E-state index in [9.17, 15) is 0 Å². The molecule has 0 aromatic heterocycles. The van der Waals surface area contributed by atoms with E-state index in [0.717, 1.165) is 22.7 Å². The second-order valence-corrected chi connectivity index (χ2v) is 9.22. The number of hydrogen-bond acceptors (Lipinski definition) is 2. The minimum absolute atomic E-state index is 0.720. The van der Waals surface area contributed by atoms with Crippen molar-refractivity contribution in [1.82, 2.24) is 5.32 Å². The molecule has 0 amide bonds. The summed E-state index contributed by atoms with van der Waals surface area (Å²) in [6.07, 6.45) is 11.9. The van der Waals surface area contributed by atoms with Crippen LogP contribution in [0.2, 0.25) is 0 Å². The Labute approximate surface area is 130 Å². The average molecular weight is 296 g/mol. The lowest BCUT2D eigenvalue weighted by Crippen LogP contribution is -2.34. The van der Waals surface area contributed by atoms with Crippen LogP contribution >= 0.6 is 11.8 Å². The van der Waals surface area contributed by atoms with Crippen molar-refractivity contribution in [2.24, 2.45) is 22.7 Å². The quantitative estimate of drug-likeness (QED) is 0.694. The predicted octanol–water partition coefficient (Wildman–Crippen LogP) is 4.72. The van der Waals surface area contributed by atoms with Crippen molar-refractivity contribution in [3.8, 4) is 0 Å². The third kappa shape index (κ3) is 2.92. The molecule has 116 valence electrons. The van der Waals surface area contributed by atoms with Gasteiger partial charge in [0.25, 0.3) is 0 Å². The highest BCUT2D eigenvalue weighted by Gasteiger charge is 2.42. The zero-order valence-electron chi connectivity index (χ0n) is 13.5. The lowest BCUT2D eigenvalue weighted by Gasteiger charge is -2.39. The van der Waals surface area contributed by atoms with Gasteiger partial charge in [0.1, 0.15) is 0 Å². The summed E-state index contributed by atoms with van der Waals surface area (Å²) in [7, 11) is 0. The summed E-state index contributed by atoms with van der Waals surface area (Å²) in [6.45, 7) is 7.50. The summed E-state index contributed by atoms with van der Waals surface area (Å²) >= 11 is 2.16. The first-order valence-electron chi connectivity index (χ1n) is 8.93. The van der Waals surface area contributed by atoms with Gasteiger partial charge in [-0.15, -0.1) is 0 Å². The first-order chi connectivity index (χ1) is 9.65. The van der Waals surface area contributed by atoms with E-state index in [2.05, 4.69) is 30.9 Å². The summed E-state index contributed by atoms with van der Waals surface area (Å²) in [5.41, 5.74) is 1.49. The SMILES string of the molecule is CC12CCCC1CSC2.CC1CCCCC12CCNC2. The molecule has 0 radical (unpaired) electrons. The molecule has 4 unspecified atom stereocenters. The van der Waals surface area contributed by atoms with E-state index in [1.165, 1.54) is 76.0 Å². The minimum atomic E-state index is 0.720. The van der Waals surface area contributed by atoms with Gasteiger partial charge in [-0.25, -0.2) is 0 Å². The van der Waals surface area contributed by atoms with Crippen molar-refractivity contribution in [3.63, 3.8) is 0 Å². The standard InChI is InChI=1S/C10H19N.C8H14S/c1-9-4-2-3-5-10(9)6-7-11-8-10;1-8-4-2-3-7(8)5-9-6-8/h9,11H,2-8H2,1H3;7H,2-6H2,1H3. The fourth-order valence-electron chi connectivity index (χ4n) is 5.09. The number of nitrogens with one attached hydrogen (secondary N) is 1. The van der Waals surface area contributed by atoms with E-state index in [4.69, 9.17) is 0 Å². The molecule has 4 atom stereocenters. The molecule has 0 aromatic carbocycles. The van der Waals surface area contributed by atoms with Crippen molar-refractivity contribution in [1.29, 1.82) is 0 Å². The molecule has 20 heavy (non-hydrogen) atoms. The van der Waals surface area contributed by atoms with Gasteiger partial charge < -0.3 is 5.32 Å². The van der Waals surface area contributed by atoms with Gasteiger partial charge in [0.05, 0.1) is 0 Å². The Balaban J connectivity index is 0.000000123. The fraction of sp³-hybridized carbons (Fsp3) is 1.00. The molecule has 4 fully saturated rings. The zero-order valence-corrected chi connectivity index (χ0v) is 14.4. The summed E-state index contributed by atoms with van der Waals surface area (Å²) in [4.78, 5) is 0. The van der Waals surface area contributed by atoms with Crippen LogP contribution in [-0.2, 0) is 0 Å². The Morgan fingerprint density at radius 2 is 1.95 bits per heavy atom.